The van der Waals surface area contributed by atoms with Gasteiger partial charge in [0.25, 0.3) is 0 Å². The number of carbonyl (C=O) groups is 1. The van der Waals surface area contributed by atoms with Crippen LogP contribution >= 0.6 is 11.3 Å². The van der Waals surface area contributed by atoms with E-state index in [1.54, 1.807) is 23.5 Å². The van der Waals surface area contributed by atoms with Crippen LogP contribution < -0.4 is 11.1 Å². The van der Waals surface area contributed by atoms with Crippen molar-refractivity contribution in [1.29, 1.82) is 0 Å². The Labute approximate surface area is 125 Å². The highest BCUT2D eigenvalue weighted by atomic mass is 32.1. The van der Waals surface area contributed by atoms with E-state index in [1.165, 1.54) is 12.1 Å². The van der Waals surface area contributed by atoms with Gasteiger partial charge < -0.3 is 11.1 Å². The minimum Gasteiger partial charge on any atom is -0.370 e. The summed E-state index contributed by atoms with van der Waals surface area (Å²) in [4.78, 5) is 11.8. The Morgan fingerprint density at radius 2 is 1.86 bits per heavy atom. The zero-order valence-electron chi connectivity index (χ0n) is 11.0. The Morgan fingerprint density at radius 3 is 2.57 bits per heavy atom. The van der Waals surface area contributed by atoms with Gasteiger partial charge in [0.15, 0.2) is 0 Å². The molecule has 106 valence electrons. The maximum absolute atomic E-state index is 12.9. The summed E-state index contributed by atoms with van der Waals surface area (Å²) in [6.07, 6.45) is 0. The second kappa shape index (κ2) is 5.54. The number of carbonyl (C=O) groups excluding carboxylic acids is 1. The van der Waals surface area contributed by atoms with Crippen LogP contribution in [0.3, 0.4) is 0 Å². The summed E-state index contributed by atoms with van der Waals surface area (Å²) < 4.78 is 14.0. The fraction of sp³-hybridized carbons (Fsp3) is 0.0625. The molecule has 0 saturated carbocycles. The van der Waals surface area contributed by atoms with Gasteiger partial charge in [0, 0.05) is 16.0 Å². The van der Waals surface area contributed by atoms with Crippen LogP contribution in [-0.2, 0) is 4.79 Å². The molecule has 2 aromatic carbocycles. The van der Waals surface area contributed by atoms with Gasteiger partial charge >= 0.3 is 0 Å². The first-order valence-electron chi connectivity index (χ1n) is 6.43. The number of hydrogen-bond donors (Lipinski definition) is 2. The molecule has 21 heavy (non-hydrogen) atoms. The van der Waals surface area contributed by atoms with Crippen LogP contribution in [0.15, 0.2) is 53.9 Å². The Hall–Kier alpha value is -2.40. The van der Waals surface area contributed by atoms with Crippen LogP contribution in [0.2, 0.25) is 0 Å². The van der Waals surface area contributed by atoms with Crippen LogP contribution in [0.4, 0.5) is 10.1 Å². The molecule has 1 heterocycles. The van der Waals surface area contributed by atoms with E-state index in [1.807, 2.05) is 29.6 Å². The lowest BCUT2D eigenvalue weighted by atomic mass is 10.0. The number of anilines is 1. The van der Waals surface area contributed by atoms with Gasteiger partial charge in [-0.1, -0.05) is 18.2 Å². The van der Waals surface area contributed by atoms with E-state index in [-0.39, 0.29) is 5.82 Å². The van der Waals surface area contributed by atoms with Crippen molar-refractivity contribution < 1.29 is 9.18 Å². The van der Waals surface area contributed by atoms with Crippen molar-refractivity contribution in [2.45, 2.75) is 6.04 Å². The SMILES string of the molecule is NC(=O)C(Nc1ccc(F)cc1)c1csc2ccccc12. The quantitative estimate of drug-likeness (QED) is 0.772. The molecule has 0 aliphatic rings. The number of fused-ring (bicyclic) bond motifs is 1. The number of thiophene rings is 1. The Morgan fingerprint density at radius 1 is 1.14 bits per heavy atom. The molecule has 3 rings (SSSR count). The Kier molecular flexibility index (Phi) is 3.58. The summed E-state index contributed by atoms with van der Waals surface area (Å²) in [6, 6.07) is 13.0. The molecule has 5 heteroatoms. The number of primary amides is 1. The smallest absolute Gasteiger partial charge is 0.244 e. The fourth-order valence-corrected chi connectivity index (χ4v) is 3.22. The number of amides is 1. The highest BCUT2D eigenvalue weighted by Gasteiger charge is 2.21. The van der Waals surface area contributed by atoms with Crippen molar-refractivity contribution in [3.63, 3.8) is 0 Å². The standard InChI is InChI=1S/C16H13FN2OS/c17-10-5-7-11(8-6-10)19-15(16(18)20)13-9-21-14-4-2-1-3-12(13)14/h1-9,15,19H,(H2,18,20). The van der Waals surface area contributed by atoms with Crippen LogP contribution in [-0.4, -0.2) is 5.91 Å². The molecule has 3 N–H and O–H groups in total. The van der Waals surface area contributed by atoms with Crippen molar-refractivity contribution in [3.8, 4) is 0 Å². The lowest BCUT2D eigenvalue weighted by Crippen LogP contribution is -2.27. The predicted molar refractivity (Wildman–Crippen MR) is 83.8 cm³/mol. The Bertz CT molecular complexity index is 782. The third kappa shape index (κ3) is 2.73. The van der Waals surface area contributed by atoms with E-state index in [0.29, 0.717) is 5.69 Å². The first-order valence-corrected chi connectivity index (χ1v) is 7.30. The second-order valence-electron chi connectivity index (χ2n) is 4.67. The average Bonchev–Trinajstić information content (AvgIpc) is 2.90. The second-order valence-corrected chi connectivity index (χ2v) is 5.59. The van der Waals surface area contributed by atoms with Gasteiger partial charge in [-0.15, -0.1) is 11.3 Å². The van der Waals surface area contributed by atoms with E-state index in [2.05, 4.69) is 5.32 Å². The van der Waals surface area contributed by atoms with Crippen molar-refractivity contribution in [2.24, 2.45) is 5.73 Å². The molecule has 0 aliphatic carbocycles. The number of halogens is 1. The molecular formula is C16H13FN2OS. The molecular weight excluding hydrogens is 287 g/mol. The predicted octanol–water partition coefficient (Wildman–Crippen LogP) is 3.68. The number of rotatable bonds is 4. The summed E-state index contributed by atoms with van der Waals surface area (Å²) in [6.45, 7) is 0. The van der Waals surface area contributed by atoms with Gasteiger partial charge in [0.05, 0.1) is 0 Å². The molecule has 1 aromatic heterocycles. The minimum absolute atomic E-state index is 0.322. The third-order valence-electron chi connectivity index (χ3n) is 3.26. The summed E-state index contributed by atoms with van der Waals surface area (Å²) in [7, 11) is 0. The fourth-order valence-electron chi connectivity index (χ4n) is 2.24. The molecule has 1 atom stereocenters. The van der Waals surface area contributed by atoms with Crippen LogP contribution in [0.5, 0.6) is 0 Å². The number of nitrogens with two attached hydrogens (primary N) is 1. The van der Waals surface area contributed by atoms with Crippen molar-refractivity contribution in [3.05, 3.63) is 65.3 Å². The van der Waals surface area contributed by atoms with Gasteiger partial charge in [-0.25, -0.2) is 4.39 Å². The van der Waals surface area contributed by atoms with E-state index in [4.69, 9.17) is 5.73 Å². The monoisotopic (exact) mass is 300 g/mol. The first kappa shape index (κ1) is 13.6. The van der Waals surface area contributed by atoms with E-state index >= 15 is 0 Å². The summed E-state index contributed by atoms with van der Waals surface area (Å²) in [5.74, 6) is -0.792. The van der Waals surface area contributed by atoms with E-state index in [9.17, 15) is 9.18 Å². The minimum atomic E-state index is -0.647. The van der Waals surface area contributed by atoms with E-state index in [0.717, 1.165) is 15.6 Å². The average molecular weight is 300 g/mol. The molecule has 0 fully saturated rings. The first-order chi connectivity index (χ1) is 10.1. The Balaban J connectivity index is 1.98. The van der Waals surface area contributed by atoms with Crippen LogP contribution in [0.25, 0.3) is 10.1 Å². The highest BCUT2D eigenvalue weighted by Crippen LogP contribution is 2.32. The number of nitrogens with one attached hydrogen (secondary N) is 1. The van der Waals surface area contributed by atoms with Crippen LogP contribution in [0, 0.1) is 5.82 Å². The largest absolute Gasteiger partial charge is 0.370 e. The van der Waals surface area contributed by atoms with Crippen molar-refractivity contribution in [2.75, 3.05) is 5.32 Å². The molecule has 1 unspecified atom stereocenters. The topological polar surface area (TPSA) is 55.1 Å². The zero-order chi connectivity index (χ0) is 14.8. The lowest BCUT2D eigenvalue weighted by molar-refractivity contribution is -0.118. The van der Waals surface area contributed by atoms with Gasteiger partial charge in [-0.3, -0.25) is 4.79 Å². The molecule has 3 nitrogen and oxygen atoms in total. The maximum Gasteiger partial charge on any atom is 0.244 e. The molecule has 0 bridgehead atoms. The normalized spacial score (nSPS) is 12.2. The summed E-state index contributed by atoms with van der Waals surface area (Å²) >= 11 is 1.56. The van der Waals surface area contributed by atoms with Gasteiger partial charge in [-0.05, 0) is 41.1 Å². The molecule has 0 saturated heterocycles. The van der Waals surface area contributed by atoms with Gasteiger partial charge in [-0.2, -0.15) is 0 Å². The molecule has 3 aromatic rings. The van der Waals surface area contributed by atoms with Crippen LogP contribution in [0.1, 0.15) is 11.6 Å². The summed E-state index contributed by atoms with van der Waals surface area (Å²) in [5, 5.41) is 5.99. The van der Waals surface area contributed by atoms with Crippen molar-refractivity contribution in [1.82, 2.24) is 0 Å². The number of hydrogen-bond acceptors (Lipinski definition) is 3. The zero-order valence-corrected chi connectivity index (χ0v) is 11.9. The maximum atomic E-state index is 12.9. The summed E-state index contributed by atoms with van der Waals surface area (Å²) in [5.41, 5.74) is 7.01. The van der Waals surface area contributed by atoms with E-state index < -0.39 is 11.9 Å². The highest BCUT2D eigenvalue weighted by molar-refractivity contribution is 7.17. The molecule has 1 amide bonds. The molecule has 0 aliphatic heterocycles. The molecule has 0 radical (unpaired) electrons. The molecule has 0 spiro atoms. The third-order valence-corrected chi connectivity index (χ3v) is 4.24. The van der Waals surface area contributed by atoms with Crippen molar-refractivity contribution >= 4 is 33.0 Å². The van der Waals surface area contributed by atoms with Gasteiger partial charge in [0.2, 0.25) is 5.91 Å². The number of benzene rings is 2. The lowest BCUT2D eigenvalue weighted by Gasteiger charge is -2.16. The van der Waals surface area contributed by atoms with Gasteiger partial charge in [0.1, 0.15) is 11.9 Å².